The van der Waals surface area contributed by atoms with Crippen molar-refractivity contribution < 1.29 is 9.90 Å². The molecule has 0 aliphatic heterocycles. The van der Waals surface area contributed by atoms with Gasteiger partial charge in [0.1, 0.15) is 5.82 Å². The quantitative estimate of drug-likeness (QED) is 0.758. The average Bonchev–Trinajstić information content (AvgIpc) is 2.68. The Bertz CT molecular complexity index is 494. The molecule has 0 bridgehead atoms. The highest BCUT2D eigenvalue weighted by molar-refractivity contribution is 5.66. The van der Waals surface area contributed by atoms with Gasteiger partial charge in [0.2, 0.25) is 0 Å². The van der Waals surface area contributed by atoms with Crippen LogP contribution in [0.25, 0.3) is 5.65 Å². The Hall–Kier alpha value is -1.98. The molecule has 2 rings (SSSR count). The summed E-state index contributed by atoms with van der Waals surface area (Å²) < 4.78 is 1.87. The van der Waals surface area contributed by atoms with Gasteiger partial charge in [-0.15, -0.1) is 10.2 Å². The van der Waals surface area contributed by atoms with Crippen molar-refractivity contribution >= 4 is 11.6 Å². The van der Waals surface area contributed by atoms with Crippen LogP contribution in [0.5, 0.6) is 0 Å². The zero-order valence-corrected chi connectivity index (χ0v) is 8.70. The molecule has 0 unspecified atom stereocenters. The largest absolute Gasteiger partial charge is 0.481 e. The number of hydrogen-bond donors (Lipinski definition) is 1. The summed E-state index contributed by atoms with van der Waals surface area (Å²) in [6.07, 6.45) is 7.54. The molecule has 6 nitrogen and oxygen atoms in total. The normalized spacial score (nSPS) is 10.8. The van der Waals surface area contributed by atoms with E-state index in [-0.39, 0.29) is 6.42 Å². The first-order valence-corrected chi connectivity index (χ1v) is 5.13. The molecule has 84 valence electrons. The van der Waals surface area contributed by atoms with Crippen molar-refractivity contribution in [2.24, 2.45) is 0 Å². The summed E-state index contributed by atoms with van der Waals surface area (Å²) in [4.78, 5) is 14.3. The van der Waals surface area contributed by atoms with E-state index < -0.39 is 5.97 Å². The fraction of sp³-hybridized carbons (Fsp3) is 0.400. The number of rotatable bonds is 5. The zero-order valence-electron chi connectivity index (χ0n) is 8.70. The Balaban J connectivity index is 1.97. The van der Waals surface area contributed by atoms with Gasteiger partial charge in [-0.25, -0.2) is 0 Å². The Morgan fingerprint density at radius 3 is 3.06 bits per heavy atom. The van der Waals surface area contributed by atoms with Gasteiger partial charge in [0.15, 0.2) is 5.65 Å². The molecule has 0 radical (unpaired) electrons. The van der Waals surface area contributed by atoms with Gasteiger partial charge >= 0.3 is 5.97 Å². The van der Waals surface area contributed by atoms with Crippen molar-refractivity contribution in [1.82, 2.24) is 19.6 Å². The van der Waals surface area contributed by atoms with Crippen LogP contribution in [-0.2, 0) is 11.2 Å². The van der Waals surface area contributed by atoms with Crippen LogP contribution in [-0.4, -0.2) is 30.7 Å². The molecule has 0 atom stereocenters. The summed E-state index contributed by atoms with van der Waals surface area (Å²) in [6, 6.07) is 0. The summed E-state index contributed by atoms with van der Waals surface area (Å²) in [6.45, 7) is 0. The lowest BCUT2D eigenvalue weighted by Gasteiger charge is -1.98. The van der Waals surface area contributed by atoms with Crippen molar-refractivity contribution in [2.75, 3.05) is 0 Å². The van der Waals surface area contributed by atoms with Gasteiger partial charge in [0.25, 0.3) is 0 Å². The van der Waals surface area contributed by atoms with Gasteiger partial charge in [0.05, 0.1) is 6.20 Å². The molecule has 6 heteroatoms. The molecule has 0 spiro atoms. The van der Waals surface area contributed by atoms with Crippen molar-refractivity contribution in [3.63, 3.8) is 0 Å². The second-order valence-corrected chi connectivity index (χ2v) is 3.52. The third-order valence-corrected chi connectivity index (χ3v) is 2.33. The summed E-state index contributed by atoms with van der Waals surface area (Å²) in [5.74, 6) is 0.0955. The van der Waals surface area contributed by atoms with Crippen LogP contribution in [0.2, 0.25) is 0 Å². The number of fused-ring (bicyclic) bond motifs is 1. The molecular weight excluding hydrogens is 208 g/mol. The number of aryl methyl sites for hydroxylation is 1. The SMILES string of the molecule is O=C(O)CCCCc1nnc2cnccn12. The van der Waals surface area contributed by atoms with Crippen LogP contribution < -0.4 is 0 Å². The number of unbranched alkanes of at least 4 members (excludes halogenated alkanes) is 1. The van der Waals surface area contributed by atoms with Crippen LogP contribution in [0, 0.1) is 0 Å². The van der Waals surface area contributed by atoms with Gasteiger partial charge in [0, 0.05) is 25.2 Å². The Labute approximate surface area is 92.0 Å². The van der Waals surface area contributed by atoms with E-state index in [2.05, 4.69) is 15.2 Å². The second kappa shape index (κ2) is 4.69. The number of carboxylic acids is 1. The minimum absolute atomic E-state index is 0.207. The number of aromatic nitrogens is 4. The molecule has 0 saturated carbocycles. The van der Waals surface area contributed by atoms with Crippen molar-refractivity contribution in [1.29, 1.82) is 0 Å². The van der Waals surface area contributed by atoms with Gasteiger partial charge in [-0.2, -0.15) is 0 Å². The predicted octanol–water partition coefficient (Wildman–Crippen LogP) is 0.922. The monoisotopic (exact) mass is 220 g/mol. The molecule has 0 saturated heterocycles. The Kier molecular flexibility index (Phi) is 3.09. The Morgan fingerprint density at radius 2 is 2.25 bits per heavy atom. The molecule has 16 heavy (non-hydrogen) atoms. The first kappa shape index (κ1) is 10.5. The van der Waals surface area contributed by atoms with Crippen LogP contribution in [0.4, 0.5) is 0 Å². The third kappa shape index (κ3) is 2.33. The van der Waals surface area contributed by atoms with E-state index in [1.54, 1.807) is 12.4 Å². The summed E-state index contributed by atoms with van der Waals surface area (Å²) >= 11 is 0. The van der Waals surface area contributed by atoms with Crippen LogP contribution in [0.3, 0.4) is 0 Å². The minimum Gasteiger partial charge on any atom is -0.481 e. The summed E-state index contributed by atoms with van der Waals surface area (Å²) in [7, 11) is 0. The topological polar surface area (TPSA) is 80.4 Å². The third-order valence-electron chi connectivity index (χ3n) is 2.33. The van der Waals surface area contributed by atoms with Gasteiger partial charge in [-0.05, 0) is 12.8 Å². The molecule has 2 heterocycles. The van der Waals surface area contributed by atoms with Crippen LogP contribution >= 0.6 is 0 Å². The maximum atomic E-state index is 10.3. The molecular formula is C10H12N4O2. The fourth-order valence-electron chi connectivity index (χ4n) is 1.53. The highest BCUT2D eigenvalue weighted by atomic mass is 16.4. The van der Waals surface area contributed by atoms with Crippen molar-refractivity contribution in [3.05, 3.63) is 24.4 Å². The maximum absolute atomic E-state index is 10.3. The lowest BCUT2D eigenvalue weighted by atomic mass is 10.2. The number of carbonyl (C=O) groups is 1. The molecule has 1 N–H and O–H groups in total. The molecule has 0 aliphatic rings. The highest BCUT2D eigenvalue weighted by Crippen LogP contribution is 2.06. The standard InChI is InChI=1S/C10H12N4O2/c15-10(16)4-2-1-3-8-12-13-9-7-11-5-6-14(8)9/h5-7H,1-4H2,(H,15,16). The van der Waals surface area contributed by atoms with E-state index in [0.717, 1.165) is 24.3 Å². The second-order valence-electron chi connectivity index (χ2n) is 3.52. The molecule has 0 aromatic carbocycles. The number of carboxylic acid groups (broad SMARTS) is 1. The molecule has 0 amide bonds. The van der Waals surface area contributed by atoms with E-state index in [1.165, 1.54) is 0 Å². The smallest absolute Gasteiger partial charge is 0.303 e. The maximum Gasteiger partial charge on any atom is 0.303 e. The van der Waals surface area contributed by atoms with Gasteiger partial charge in [-0.1, -0.05) is 0 Å². The molecule has 0 aliphatic carbocycles. The number of aliphatic carboxylic acids is 1. The number of hydrogen-bond acceptors (Lipinski definition) is 4. The first-order chi connectivity index (χ1) is 7.77. The van der Waals surface area contributed by atoms with Crippen LogP contribution in [0.15, 0.2) is 18.6 Å². The lowest BCUT2D eigenvalue weighted by molar-refractivity contribution is -0.137. The zero-order chi connectivity index (χ0) is 11.4. The average molecular weight is 220 g/mol. The lowest BCUT2D eigenvalue weighted by Crippen LogP contribution is -1.98. The van der Waals surface area contributed by atoms with Crippen molar-refractivity contribution in [3.8, 4) is 0 Å². The van der Waals surface area contributed by atoms with Gasteiger partial charge in [-0.3, -0.25) is 14.2 Å². The van der Waals surface area contributed by atoms with Gasteiger partial charge < -0.3 is 5.11 Å². The molecule has 0 fully saturated rings. The highest BCUT2D eigenvalue weighted by Gasteiger charge is 2.04. The fourth-order valence-corrected chi connectivity index (χ4v) is 1.53. The van der Waals surface area contributed by atoms with E-state index in [1.807, 2.05) is 10.6 Å². The van der Waals surface area contributed by atoms with E-state index in [4.69, 9.17) is 5.11 Å². The predicted molar refractivity (Wildman–Crippen MR) is 56.0 cm³/mol. The summed E-state index contributed by atoms with van der Waals surface area (Å²) in [5, 5.41) is 16.5. The van der Waals surface area contributed by atoms with E-state index in [9.17, 15) is 4.79 Å². The van der Waals surface area contributed by atoms with Crippen molar-refractivity contribution in [2.45, 2.75) is 25.7 Å². The molecule has 2 aromatic heterocycles. The van der Waals surface area contributed by atoms with E-state index in [0.29, 0.717) is 6.42 Å². The minimum atomic E-state index is -0.754. The number of nitrogens with zero attached hydrogens (tertiary/aromatic N) is 4. The first-order valence-electron chi connectivity index (χ1n) is 5.13. The Morgan fingerprint density at radius 1 is 1.38 bits per heavy atom. The van der Waals surface area contributed by atoms with Crippen LogP contribution in [0.1, 0.15) is 25.1 Å². The molecule has 2 aromatic rings. The van der Waals surface area contributed by atoms with E-state index >= 15 is 0 Å². The summed E-state index contributed by atoms with van der Waals surface area (Å²) in [5.41, 5.74) is 0.718.